The Bertz CT molecular complexity index is 697. The van der Waals surface area contributed by atoms with Gasteiger partial charge >= 0.3 is 0 Å². The normalized spacial score (nSPS) is 13.3. The molecule has 2 aromatic rings. The molecule has 0 spiro atoms. The molecule has 2 rings (SSSR count). The van der Waals surface area contributed by atoms with E-state index < -0.39 is 11.1 Å². The second kappa shape index (κ2) is 8.75. The van der Waals surface area contributed by atoms with Crippen LogP contribution in [-0.2, 0) is 20.7 Å². The molecule has 2 N–H and O–H groups in total. The van der Waals surface area contributed by atoms with Crippen LogP contribution in [-0.4, -0.2) is 23.6 Å². The van der Waals surface area contributed by atoms with Crippen LogP contribution in [0.2, 0.25) is 0 Å². The summed E-state index contributed by atoms with van der Waals surface area (Å²) in [6.07, 6.45) is 3.07. The van der Waals surface area contributed by atoms with Crippen molar-refractivity contribution < 1.29 is 13.7 Å². The summed E-state index contributed by atoms with van der Waals surface area (Å²) in [5, 5.41) is 5.01. The zero-order valence-corrected chi connectivity index (χ0v) is 16.1. The Hall–Kier alpha value is -1.23. The molecule has 3 nitrogen and oxygen atoms in total. The predicted molar refractivity (Wildman–Crippen MR) is 103 cm³/mol. The third kappa shape index (κ3) is 4.65. The van der Waals surface area contributed by atoms with E-state index in [4.69, 9.17) is 4.18 Å². The number of hydrogen-bond donors (Lipinski definition) is 1. The molecule has 0 fully saturated rings. The van der Waals surface area contributed by atoms with E-state index in [0.717, 1.165) is 25.8 Å². The Morgan fingerprint density at radius 2 is 1.88 bits per heavy atom. The van der Waals surface area contributed by atoms with Gasteiger partial charge in [0.2, 0.25) is 0 Å². The van der Waals surface area contributed by atoms with E-state index in [-0.39, 0.29) is 5.41 Å². The topological polar surface area (TPSA) is 42.9 Å². The van der Waals surface area contributed by atoms with Gasteiger partial charge < -0.3 is 5.32 Å². The van der Waals surface area contributed by atoms with Crippen LogP contribution < -0.4 is 5.32 Å². The Morgan fingerprint density at radius 3 is 2.58 bits per heavy atom. The lowest BCUT2D eigenvalue weighted by molar-refractivity contribution is -0.572. The molecular weight excluding hydrogens is 318 g/mol. The fourth-order valence-corrected chi connectivity index (χ4v) is 3.70. The SMILES string of the molecule is CCC(C)(C)c1c([NH2+]CCCCS(=O)OC)ccc2ccccc12. The van der Waals surface area contributed by atoms with Gasteiger partial charge in [-0.05, 0) is 47.6 Å². The van der Waals surface area contributed by atoms with E-state index in [1.807, 2.05) is 0 Å². The molecule has 0 aliphatic rings. The van der Waals surface area contributed by atoms with E-state index in [1.165, 1.54) is 29.1 Å². The minimum Gasteiger partial charge on any atom is -0.314 e. The molecular formula is C20H30NO2S+. The van der Waals surface area contributed by atoms with Crippen molar-refractivity contribution in [2.75, 3.05) is 19.4 Å². The van der Waals surface area contributed by atoms with Gasteiger partial charge in [-0.25, -0.2) is 4.21 Å². The quantitative estimate of drug-likeness (QED) is 0.553. The van der Waals surface area contributed by atoms with Crippen LogP contribution >= 0.6 is 0 Å². The molecule has 0 saturated carbocycles. The van der Waals surface area contributed by atoms with Crippen molar-refractivity contribution >= 4 is 27.5 Å². The fraction of sp³-hybridized carbons (Fsp3) is 0.500. The highest BCUT2D eigenvalue weighted by molar-refractivity contribution is 7.80. The molecule has 1 unspecified atom stereocenters. The standard InChI is InChI=1S/C20H29NO2S/c1-5-20(2,3)19-17-11-7-6-10-16(17)12-13-18(19)21-14-8-9-15-24(22)23-4/h6-7,10-13,21H,5,8-9,14-15H2,1-4H3/p+1. The highest BCUT2D eigenvalue weighted by atomic mass is 32.2. The van der Waals surface area contributed by atoms with E-state index >= 15 is 0 Å². The summed E-state index contributed by atoms with van der Waals surface area (Å²) in [6.45, 7) is 7.92. The lowest BCUT2D eigenvalue weighted by Crippen LogP contribution is -2.78. The van der Waals surface area contributed by atoms with Crippen molar-refractivity contribution in [3.8, 4) is 0 Å². The second-order valence-electron chi connectivity index (χ2n) is 6.86. The highest BCUT2D eigenvalue weighted by Crippen LogP contribution is 2.36. The first kappa shape index (κ1) is 19.1. The number of rotatable bonds is 9. The predicted octanol–water partition coefficient (Wildman–Crippen LogP) is 3.81. The zero-order valence-electron chi connectivity index (χ0n) is 15.3. The maximum Gasteiger partial charge on any atom is 0.155 e. The molecule has 0 radical (unpaired) electrons. The largest absolute Gasteiger partial charge is 0.314 e. The molecule has 1 atom stereocenters. The number of unbranched alkanes of at least 4 members (excludes halogenated alkanes) is 1. The first-order valence-corrected chi connectivity index (χ1v) is 10.0. The third-order valence-electron chi connectivity index (χ3n) is 4.84. The average molecular weight is 349 g/mol. The summed E-state index contributed by atoms with van der Waals surface area (Å²) in [5.41, 5.74) is 2.93. The lowest BCUT2D eigenvalue weighted by atomic mass is 9.78. The summed E-state index contributed by atoms with van der Waals surface area (Å²) in [6, 6.07) is 13.1. The summed E-state index contributed by atoms with van der Waals surface area (Å²) in [4.78, 5) is 0. The molecule has 0 bridgehead atoms. The Morgan fingerprint density at radius 1 is 1.12 bits per heavy atom. The van der Waals surface area contributed by atoms with Crippen LogP contribution in [0.15, 0.2) is 36.4 Å². The molecule has 0 amide bonds. The maximum absolute atomic E-state index is 11.3. The van der Waals surface area contributed by atoms with Gasteiger partial charge in [0.05, 0.1) is 13.7 Å². The van der Waals surface area contributed by atoms with Gasteiger partial charge in [-0.1, -0.05) is 45.0 Å². The minimum absolute atomic E-state index is 0.143. The van der Waals surface area contributed by atoms with Gasteiger partial charge in [-0.2, -0.15) is 0 Å². The molecule has 24 heavy (non-hydrogen) atoms. The smallest absolute Gasteiger partial charge is 0.155 e. The maximum atomic E-state index is 11.3. The van der Waals surface area contributed by atoms with Crippen LogP contribution in [0.1, 0.15) is 45.6 Å². The number of nitrogens with two attached hydrogens (primary N) is 1. The van der Waals surface area contributed by atoms with E-state index in [2.05, 4.69) is 62.5 Å². The Labute approximate surface area is 148 Å². The Balaban J connectivity index is 2.17. The van der Waals surface area contributed by atoms with Gasteiger partial charge in [-0.3, -0.25) is 4.18 Å². The van der Waals surface area contributed by atoms with E-state index in [9.17, 15) is 4.21 Å². The van der Waals surface area contributed by atoms with Crippen LogP contribution in [0, 0.1) is 0 Å². The van der Waals surface area contributed by atoms with Crippen molar-refractivity contribution in [1.82, 2.24) is 0 Å². The lowest BCUT2D eigenvalue weighted by Gasteiger charge is -2.26. The van der Waals surface area contributed by atoms with Gasteiger partial charge in [-0.15, -0.1) is 0 Å². The van der Waals surface area contributed by atoms with E-state index in [0.29, 0.717) is 5.75 Å². The average Bonchev–Trinajstić information content (AvgIpc) is 2.60. The molecule has 2 aromatic carbocycles. The zero-order chi connectivity index (χ0) is 17.6. The fourth-order valence-electron chi connectivity index (χ4n) is 3.10. The number of benzene rings is 2. The van der Waals surface area contributed by atoms with Crippen LogP contribution in [0.4, 0.5) is 5.69 Å². The second-order valence-corrected chi connectivity index (χ2v) is 8.21. The molecule has 0 saturated heterocycles. The van der Waals surface area contributed by atoms with Crippen molar-refractivity contribution in [1.29, 1.82) is 0 Å². The molecule has 0 aliphatic carbocycles. The van der Waals surface area contributed by atoms with Gasteiger partial charge in [0.1, 0.15) is 5.69 Å². The third-order valence-corrected chi connectivity index (χ3v) is 5.83. The highest BCUT2D eigenvalue weighted by Gasteiger charge is 2.26. The Kier molecular flexibility index (Phi) is 6.96. The first-order valence-electron chi connectivity index (χ1n) is 8.78. The van der Waals surface area contributed by atoms with Crippen molar-refractivity contribution in [3.63, 3.8) is 0 Å². The molecule has 0 aromatic heterocycles. The molecule has 0 heterocycles. The van der Waals surface area contributed by atoms with Crippen LogP contribution in [0.5, 0.6) is 0 Å². The summed E-state index contributed by atoms with van der Waals surface area (Å²) < 4.78 is 16.1. The molecule has 4 heteroatoms. The van der Waals surface area contributed by atoms with Crippen LogP contribution in [0.25, 0.3) is 10.8 Å². The number of hydrogen-bond acceptors (Lipinski definition) is 2. The van der Waals surface area contributed by atoms with E-state index in [1.54, 1.807) is 0 Å². The van der Waals surface area contributed by atoms with Gasteiger partial charge in [0.25, 0.3) is 0 Å². The van der Waals surface area contributed by atoms with Crippen molar-refractivity contribution in [2.45, 2.75) is 45.4 Å². The monoisotopic (exact) mass is 348 g/mol. The molecule has 132 valence electrons. The number of fused-ring (bicyclic) bond motifs is 1. The summed E-state index contributed by atoms with van der Waals surface area (Å²) in [5.74, 6) is 0.620. The van der Waals surface area contributed by atoms with Crippen molar-refractivity contribution in [2.24, 2.45) is 0 Å². The van der Waals surface area contributed by atoms with Gasteiger partial charge in [0.15, 0.2) is 11.1 Å². The number of quaternary nitrogens is 1. The summed E-state index contributed by atoms with van der Waals surface area (Å²) in [7, 11) is 1.50. The van der Waals surface area contributed by atoms with Gasteiger partial charge in [0, 0.05) is 11.3 Å². The minimum atomic E-state index is -1.13. The first-order chi connectivity index (χ1) is 11.5. The van der Waals surface area contributed by atoms with Crippen molar-refractivity contribution in [3.05, 3.63) is 42.0 Å². The van der Waals surface area contributed by atoms with Crippen LogP contribution in [0.3, 0.4) is 0 Å². The molecule has 0 aliphatic heterocycles. The summed E-state index contributed by atoms with van der Waals surface area (Å²) >= 11 is -1.13.